The zero-order chi connectivity index (χ0) is 39.3. The van der Waals surface area contributed by atoms with Gasteiger partial charge in [-0.15, -0.1) is 0 Å². The van der Waals surface area contributed by atoms with Gasteiger partial charge in [0.2, 0.25) is 11.6 Å². The minimum absolute atomic E-state index is 0.0811. The van der Waals surface area contributed by atoms with Crippen LogP contribution in [0.5, 0.6) is 11.5 Å². The Morgan fingerprint density at radius 1 is 0.556 bits per heavy atom. The Hall–Kier alpha value is -5.46. The number of hydrogen-bond donors (Lipinski definition) is 1. The van der Waals surface area contributed by atoms with Gasteiger partial charge in [-0.3, -0.25) is 19.6 Å². The van der Waals surface area contributed by atoms with E-state index in [1.165, 1.54) is 0 Å². The first-order valence-electron chi connectivity index (χ1n) is 18.1. The van der Waals surface area contributed by atoms with E-state index >= 15 is 0 Å². The van der Waals surface area contributed by atoms with Gasteiger partial charge in [-0.1, -0.05) is 50.2 Å². The van der Waals surface area contributed by atoms with E-state index in [1.54, 1.807) is 74.8 Å². The number of aromatic nitrogens is 2. The summed E-state index contributed by atoms with van der Waals surface area (Å²) in [7, 11) is 0. The minimum Gasteiger partial charge on any atom is -0.485 e. The number of Topliss-reactive ketones (excluding diaryl/α,β-unsaturated/α-hetero) is 2. The van der Waals surface area contributed by atoms with E-state index in [0.29, 0.717) is 49.1 Å². The third-order valence-corrected chi connectivity index (χ3v) is 8.03. The van der Waals surface area contributed by atoms with Crippen LogP contribution in [0, 0.1) is 0 Å². The molecule has 2 aromatic carbocycles. The molecule has 0 aliphatic rings. The minimum atomic E-state index is -0.987. The molecule has 2 heterocycles. The van der Waals surface area contributed by atoms with Gasteiger partial charge in [0.25, 0.3) is 0 Å². The second-order valence-corrected chi connectivity index (χ2v) is 11.9. The van der Waals surface area contributed by atoms with Crippen molar-refractivity contribution in [3.8, 4) is 11.5 Å². The van der Waals surface area contributed by atoms with Crippen molar-refractivity contribution in [2.45, 2.75) is 72.5 Å². The number of ether oxygens (including phenoxy) is 5. The summed E-state index contributed by atoms with van der Waals surface area (Å²) in [5.41, 5.74) is 4.66. The van der Waals surface area contributed by atoms with Crippen LogP contribution in [-0.2, 0) is 49.5 Å². The van der Waals surface area contributed by atoms with E-state index in [1.807, 2.05) is 45.0 Å². The number of carboxylic acid groups (broad SMARTS) is 1. The van der Waals surface area contributed by atoms with Gasteiger partial charge >= 0.3 is 11.9 Å². The van der Waals surface area contributed by atoms with Crippen LogP contribution in [-0.4, -0.2) is 83.8 Å². The summed E-state index contributed by atoms with van der Waals surface area (Å²) >= 11 is 0. The number of hydrogen-bond acceptors (Lipinski definition) is 11. The molecule has 0 fully saturated rings. The van der Waals surface area contributed by atoms with Crippen LogP contribution in [0.15, 0.2) is 85.2 Å². The molecule has 4 aromatic rings. The molecule has 0 aliphatic heterocycles. The Balaban J connectivity index is 0.000000291. The number of carboxylic acids is 1. The third-order valence-electron chi connectivity index (χ3n) is 8.03. The van der Waals surface area contributed by atoms with Crippen molar-refractivity contribution < 1.29 is 48.0 Å². The van der Waals surface area contributed by atoms with Gasteiger partial charge in [0, 0.05) is 38.4 Å². The van der Waals surface area contributed by atoms with Gasteiger partial charge in [0.1, 0.15) is 22.9 Å². The van der Waals surface area contributed by atoms with Crippen molar-refractivity contribution in [2.24, 2.45) is 0 Å². The average molecular weight is 743 g/mol. The largest absolute Gasteiger partial charge is 0.485 e. The van der Waals surface area contributed by atoms with Crippen LogP contribution >= 0.6 is 0 Å². The zero-order valence-electron chi connectivity index (χ0n) is 31.6. The number of rotatable bonds is 21. The maximum absolute atomic E-state index is 12.2. The highest BCUT2D eigenvalue weighted by atomic mass is 16.6. The van der Waals surface area contributed by atoms with Crippen LogP contribution in [0.25, 0.3) is 0 Å². The second-order valence-electron chi connectivity index (χ2n) is 11.9. The molecule has 0 saturated carbocycles. The molecule has 0 unspecified atom stereocenters. The third kappa shape index (κ3) is 14.5. The number of aliphatic carboxylic acids is 1. The molecule has 0 saturated heterocycles. The fourth-order valence-electron chi connectivity index (χ4n) is 4.98. The summed E-state index contributed by atoms with van der Waals surface area (Å²) in [5, 5.41) is 9.11. The highest BCUT2D eigenvalue weighted by Crippen LogP contribution is 2.17. The summed E-state index contributed by atoms with van der Waals surface area (Å²) in [4.78, 5) is 55.7. The first kappa shape index (κ1) is 42.9. The van der Waals surface area contributed by atoms with Gasteiger partial charge in [0.15, 0.2) is 25.4 Å². The molecule has 0 aliphatic carbocycles. The fourth-order valence-corrected chi connectivity index (χ4v) is 4.98. The number of nitrogens with zero attached hydrogens (tertiary/aromatic N) is 2. The van der Waals surface area contributed by atoms with Crippen LogP contribution in [0.2, 0.25) is 0 Å². The SMILES string of the molecule is CCOC(=O)[C@H](Cc1ccc(OCC(=O)c2ccc(CC)cn2)cc1)OCC.CCO[C@@H](Cc1ccc(OCC(=O)c2ccc(CC)cn2)cc1)C(=O)O. The number of esters is 1. The van der Waals surface area contributed by atoms with Crippen LogP contribution < -0.4 is 9.47 Å². The lowest BCUT2D eigenvalue weighted by Gasteiger charge is -2.15. The molecule has 0 spiro atoms. The van der Waals surface area contributed by atoms with E-state index in [-0.39, 0.29) is 37.2 Å². The van der Waals surface area contributed by atoms with Gasteiger partial charge < -0.3 is 28.8 Å². The predicted octanol–water partition coefficient (Wildman–Crippen LogP) is 6.35. The predicted molar refractivity (Wildman–Crippen MR) is 202 cm³/mol. The number of pyridine rings is 2. The summed E-state index contributed by atoms with van der Waals surface area (Å²) in [5.74, 6) is -0.609. The smallest absolute Gasteiger partial charge is 0.335 e. The molecular formula is C42H50N2O10. The topological polar surface area (TPSA) is 160 Å². The zero-order valence-corrected chi connectivity index (χ0v) is 31.6. The number of carbonyl (C=O) groups excluding carboxylic acids is 3. The highest BCUT2D eigenvalue weighted by Gasteiger charge is 2.21. The Morgan fingerprint density at radius 2 is 0.963 bits per heavy atom. The highest BCUT2D eigenvalue weighted by molar-refractivity contribution is 5.95. The van der Waals surface area contributed by atoms with Crippen molar-refractivity contribution in [3.05, 3.63) is 119 Å². The molecule has 4 rings (SSSR count). The number of ketones is 2. The van der Waals surface area contributed by atoms with E-state index in [0.717, 1.165) is 35.1 Å². The first-order chi connectivity index (χ1) is 26.1. The standard InChI is InChI=1S/C22H27NO5.C20H23NO5/c1-4-16-9-12-19(23-14-16)20(24)15-28-18-10-7-17(8-11-18)13-21(26-5-2)22(25)27-6-3;1-3-14-7-10-17(21-12-14)18(22)13-26-16-8-5-15(6-9-16)11-19(20(23)24)25-4-2/h7-12,14,21H,4-6,13,15H2,1-3H3;5-10,12,19H,3-4,11,13H2,1-2H3,(H,23,24)/t21-;19-/m00/s1. The fraction of sp³-hybridized carbons (Fsp3) is 0.381. The number of carbonyl (C=O) groups is 4. The van der Waals surface area contributed by atoms with Crippen LogP contribution in [0.3, 0.4) is 0 Å². The summed E-state index contributed by atoms with van der Waals surface area (Å²) < 4.78 is 26.8. The first-order valence-corrected chi connectivity index (χ1v) is 18.1. The summed E-state index contributed by atoms with van der Waals surface area (Å²) in [6, 6.07) is 21.4. The van der Waals surface area contributed by atoms with Crippen molar-refractivity contribution in [1.29, 1.82) is 0 Å². The van der Waals surface area contributed by atoms with Gasteiger partial charge in [-0.05, 0) is 92.3 Å². The lowest BCUT2D eigenvalue weighted by molar-refractivity contribution is -0.156. The van der Waals surface area contributed by atoms with E-state index in [9.17, 15) is 19.2 Å². The van der Waals surface area contributed by atoms with Crippen molar-refractivity contribution in [1.82, 2.24) is 9.97 Å². The van der Waals surface area contributed by atoms with E-state index < -0.39 is 18.2 Å². The number of aryl methyl sites for hydroxylation is 2. The maximum atomic E-state index is 12.2. The van der Waals surface area contributed by atoms with Crippen molar-refractivity contribution in [2.75, 3.05) is 33.0 Å². The molecule has 0 amide bonds. The average Bonchev–Trinajstić information content (AvgIpc) is 3.20. The lowest BCUT2D eigenvalue weighted by atomic mass is 10.1. The summed E-state index contributed by atoms with van der Waals surface area (Å²) in [6.07, 6.45) is 4.34. The van der Waals surface area contributed by atoms with Gasteiger partial charge in [-0.25, -0.2) is 9.59 Å². The Morgan fingerprint density at radius 3 is 1.31 bits per heavy atom. The Kier molecular flexibility index (Phi) is 18.5. The monoisotopic (exact) mass is 742 g/mol. The Bertz CT molecular complexity index is 1740. The van der Waals surface area contributed by atoms with Crippen molar-refractivity contribution in [3.63, 3.8) is 0 Å². The van der Waals surface area contributed by atoms with Crippen molar-refractivity contribution >= 4 is 23.5 Å². The molecule has 2 atom stereocenters. The maximum Gasteiger partial charge on any atom is 0.335 e. The lowest BCUT2D eigenvalue weighted by Crippen LogP contribution is -2.28. The molecule has 288 valence electrons. The Labute approximate surface area is 316 Å². The molecule has 0 bridgehead atoms. The molecule has 12 nitrogen and oxygen atoms in total. The molecule has 12 heteroatoms. The molecule has 54 heavy (non-hydrogen) atoms. The molecular weight excluding hydrogens is 692 g/mol. The molecule has 2 aromatic heterocycles. The second kappa shape index (κ2) is 23.3. The molecule has 1 N–H and O–H groups in total. The van der Waals surface area contributed by atoms with Gasteiger partial charge in [0.05, 0.1) is 6.61 Å². The quantitative estimate of drug-likeness (QED) is 0.0745. The molecule has 0 radical (unpaired) electrons. The van der Waals surface area contributed by atoms with Crippen LogP contribution in [0.1, 0.15) is 77.8 Å². The normalized spacial score (nSPS) is 11.7. The van der Waals surface area contributed by atoms with Gasteiger partial charge in [-0.2, -0.15) is 0 Å². The number of benzene rings is 2. The summed E-state index contributed by atoms with van der Waals surface area (Å²) in [6.45, 7) is 10.3. The van der Waals surface area contributed by atoms with E-state index in [4.69, 9.17) is 28.8 Å². The van der Waals surface area contributed by atoms with Crippen LogP contribution in [0.4, 0.5) is 0 Å². The van der Waals surface area contributed by atoms with E-state index in [2.05, 4.69) is 9.97 Å².